The molecule has 1 atom stereocenters. The van der Waals surface area contributed by atoms with Gasteiger partial charge in [0.2, 0.25) is 0 Å². The number of alkyl carbamates (subject to hydrolysis) is 1. The van der Waals surface area contributed by atoms with E-state index in [0.29, 0.717) is 13.0 Å². The molecular weight excluding hydrogens is 268 g/mol. The summed E-state index contributed by atoms with van der Waals surface area (Å²) in [6, 6.07) is 7.71. The molecule has 0 aromatic heterocycles. The van der Waals surface area contributed by atoms with Crippen molar-refractivity contribution in [1.82, 2.24) is 5.32 Å². The quantitative estimate of drug-likeness (QED) is 0.875. The molecule has 0 saturated carbocycles. The minimum absolute atomic E-state index is 0.309. The first-order valence-corrected chi connectivity index (χ1v) is 7.02. The molecule has 0 bridgehead atoms. The van der Waals surface area contributed by atoms with Crippen molar-refractivity contribution in [3.63, 3.8) is 0 Å². The maximum Gasteiger partial charge on any atom is 0.408 e. The van der Waals surface area contributed by atoms with Crippen LogP contribution in [-0.2, 0) is 11.2 Å². The van der Waals surface area contributed by atoms with Gasteiger partial charge in [-0.3, -0.25) is 0 Å². The van der Waals surface area contributed by atoms with E-state index in [1.165, 1.54) is 0 Å². The molecule has 0 fully saturated rings. The highest BCUT2D eigenvalue weighted by atomic mass is 16.6. The van der Waals surface area contributed by atoms with E-state index in [9.17, 15) is 4.79 Å². The van der Waals surface area contributed by atoms with Gasteiger partial charge in [-0.25, -0.2) is 4.79 Å². The molecule has 0 aliphatic rings. The molecular formula is C16H26N2O3. The van der Waals surface area contributed by atoms with Gasteiger partial charge in [-0.15, -0.1) is 0 Å². The van der Waals surface area contributed by atoms with Crippen molar-refractivity contribution >= 4 is 6.09 Å². The van der Waals surface area contributed by atoms with Crippen LogP contribution in [0.15, 0.2) is 24.3 Å². The first-order valence-electron chi connectivity index (χ1n) is 7.02. The van der Waals surface area contributed by atoms with Crippen LogP contribution in [-0.4, -0.2) is 30.9 Å². The number of nitrogens with one attached hydrogen (secondary N) is 1. The summed E-state index contributed by atoms with van der Waals surface area (Å²) in [5, 5.41) is 2.86. The number of rotatable bonds is 5. The summed E-state index contributed by atoms with van der Waals surface area (Å²) >= 11 is 0. The van der Waals surface area contributed by atoms with Crippen LogP contribution in [0.5, 0.6) is 5.75 Å². The number of methoxy groups -OCH3 is 1. The van der Waals surface area contributed by atoms with Gasteiger partial charge in [0, 0.05) is 6.54 Å². The Kier molecular flexibility index (Phi) is 5.61. The second-order valence-corrected chi connectivity index (χ2v) is 6.42. The first kappa shape index (κ1) is 17.3. The van der Waals surface area contributed by atoms with Gasteiger partial charge in [0.1, 0.15) is 11.4 Å². The number of carbonyl (C=O) groups is 1. The first-order chi connectivity index (χ1) is 9.67. The van der Waals surface area contributed by atoms with Crippen molar-refractivity contribution in [2.75, 3.05) is 13.7 Å². The molecule has 118 valence electrons. The number of amides is 1. The van der Waals surface area contributed by atoms with Crippen LogP contribution in [0.25, 0.3) is 0 Å². The zero-order valence-electron chi connectivity index (χ0n) is 13.5. The smallest absolute Gasteiger partial charge is 0.408 e. The Balaban J connectivity index is 2.77. The van der Waals surface area contributed by atoms with E-state index in [-0.39, 0.29) is 0 Å². The summed E-state index contributed by atoms with van der Waals surface area (Å²) in [6.07, 6.45) is 0.137. The van der Waals surface area contributed by atoms with Crippen molar-refractivity contribution < 1.29 is 14.3 Å². The van der Waals surface area contributed by atoms with Crippen molar-refractivity contribution in [1.29, 1.82) is 0 Å². The van der Waals surface area contributed by atoms with Gasteiger partial charge >= 0.3 is 6.09 Å². The second-order valence-electron chi connectivity index (χ2n) is 6.42. The predicted molar refractivity (Wildman–Crippen MR) is 83.5 cm³/mol. The number of carbonyl (C=O) groups excluding carboxylic acids is 1. The van der Waals surface area contributed by atoms with E-state index in [4.69, 9.17) is 15.2 Å². The number of ether oxygens (including phenoxy) is 2. The molecule has 0 spiro atoms. The lowest BCUT2D eigenvalue weighted by molar-refractivity contribution is 0.0467. The lowest BCUT2D eigenvalue weighted by Crippen LogP contribution is -2.54. The summed E-state index contributed by atoms with van der Waals surface area (Å²) in [5.74, 6) is 0.782. The predicted octanol–water partition coefficient (Wildman–Crippen LogP) is 2.48. The fourth-order valence-electron chi connectivity index (χ4n) is 1.95. The van der Waals surface area contributed by atoms with Crippen LogP contribution in [0.3, 0.4) is 0 Å². The van der Waals surface area contributed by atoms with Crippen molar-refractivity contribution in [2.45, 2.75) is 45.3 Å². The molecule has 1 unspecified atom stereocenters. The fraction of sp³-hybridized carbons (Fsp3) is 0.562. The zero-order chi connectivity index (χ0) is 16.1. The average molecular weight is 294 g/mol. The normalized spacial score (nSPS) is 14.2. The zero-order valence-corrected chi connectivity index (χ0v) is 13.5. The summed E-state index contributed by atoms with van der Waals surface area (Å²) in [7, 11) is 1.63. The Morgan fingerprint density at radius 2 is 1.95 bits per heavy atom. The molecule has 5 heteroatoms. The Hall–Kier alpha value is -1.75. The van der Waals surface area contributed by atoms with Gasteiger partial charge in [-0.1, -0.05) is 12.1 Å². The monoisotopic (exact) mass is 294 g/mol. The largest absolute Gasteiger partial charge is 0.497 e. The van der Waals surface area contributed by atoms with Crippen LogP contribution in [0.4, 0.5) is 4.79 Å². The maximum absolute atomic E-state index is 11.9. The van der Waals surface area contributed by atoms with E-state index in [1.807, 2.05) is 52.0 Å². The summed E-state index contributed by atoms with van der Waals surface area (Å²) in [5.41, 5.74) is 5.77. The van der Waals surface area contributed by atoms with E-state index in [2.05, 4.69) is 5.32 Å². The third kappa shape index (κ3) is 6.04. The minimum atomic E-state index is -0.575. The van der Waals surface area contributed by atoms with E-state index in [0.717, 1.165) is 11.3 Å². The van der Waals surface area contributed by atoms with Gasteiger partial charge < -0.3 is 20.5 Å². The van der Waals surface area contributed by atoms with E-state index < -0.39 is 17.2 Å². The Morgan fingerprint density at radius 1 is 1.29 bits per heavy atom. The molecule has 0 saturated heterocycles. The highest BCUT2D eigenvalue weighted by Gasteiger charge is 2.28. The number of benzene rings is 1. The van der Waals surface area contributed by atoms with E-state index >= 15 is 0 Å². The molecule has 0 heterocycles. The molecule has 1 aromatic rings. The van der Waals surface area contributed by atoms with Gasteiger partial charge in [0.15, 0.2) is 0 Å². The molecule has 0 radical (unpaired) electrons. The standard InChI is InChI=1S/C16H26N2O3/c1-15(2,3)21-14(19)18-16(4,11-17)10-12-7-6-8-13(9-12)20-5/h6-9H,10-11,17H2,1-5H3,(H,18,19). The molecule has 0 aliphatic heterocycles. The summed E-state index contributed by atoms with van der Waals surface area (Å²) < 4.78 is 10.5. The van der Waals surface area contributed by atoms with E-state index in [1.54, 1.807) is 7.11 Å². The molecule has 21 heavy (non-hydrogen) atoms. The van der Waals surface area contributed by atoms with Crippen LogP contribution in [0.1, 0.15) is 33.3 Å². The molecule has 1 aromatic carbocycles. The lowest BCUT2D eigenvalue weighted by Gasteiger charge is -2.31. The average Bonchev–Trinajstić information content (AvgIpc) is 2.36. The van der Waals surface area contributed by atoms with Gasteiger partial charge in [-0.05, 0) is 51.8 Å². The second kappa shape index (κ2) is 6.80. The fourth-order valence-corrected chi connectivity index (χ4v) is 1.95. The Bertz CT molecular complexity index is 483. The molecule has 5 nitrogen and oxygen atoms in total. The topological polar surface area (TPSA) is 73.6 Å². The molecule has 1 amide bonds. The SMILES string of the molecule is COc1cccc(CC(C)(CN)NC(=O)OC(C)(C)C)c1. The van der Waals surface area contributed by atoms with Crippen LogP contribution in [0.2, 0.25) is 0 Å². The molecule has 3 N–H and O–H groups in total. The van der Waals surface area contributed by atoms with Gasteiger partial charge in [0.25, 0.3) is 0 Å². The Morgan fingerprint density at radius 3 is 2.48 bits per heavy atom. The number of hydrogen-bond donors (Lipinski definition) is 2. The third-order valence-electron chi connectivity index (χ3n) is 2.98. The van der Waals surface area contributed by atoms with Crippen molar-refractivity contribution in [2.24, 2.45) is 5.73 Å². The van der Waals surface area contributed by atoms with Crippen molar-refractivity contribution in [3.05, 3.63) is 29.8 Å². The highest BCUT2D eigenvalue weighted by Crippen LogP contribution is 2.18. The van der Waals surface area contributed by atoms with Gasteiger partial charge in [0.05, 0.1) is 12.6 Å². The molecule has 0 aliphatic carbocycles. The number of nitrogens with two attached hydrogens (primary N) is 1. The third-order valence-corrected chi connectivity index (χ3v) is 2.98. The van der Waals surface area contributed by atoms with Crippen LogP contribution in [0, 0.1) is 0 Å². The highest BCUT2D eigenvalue weighted by molar-refractivity contribution is 5.68. The van der Waals surface area contributed by atoms with Gasteiger partial charge in [-0.2, -0.15) is 0 Å². The summed E-state index contributed by atoms with van der Waals surface area (Å²) in [6.45, 7) is 7.69. The number of hydrogen-bond acceptors (Lipinski definition) is 4. The Labute approximate surface area is 126 Å². The van der Waals surface area contributed by atoms with Crippen LogP contribution < -0.4 is 15.8 Å². The van der Waals surface area contributed by atoms with Crippen LogP contribution >= 0.6 is 0 Å². The minimum Gasteiger partial charge on any atom is -0.497 e. The van der Waals surface area contributed by atoms with Crippen molar-refractivity contribution in [3.8, 4) is 5.75 Å². The maximum atomic E-state index is 11.9. The molecule has 1 rings (SSSR count). The summed E-state index contributed by atoms with van der Waals surface area (Å²) in [4.78, 5) is 11.9. The lowest BCUT2D eigenvalue weighted by atomic mass is 9.93.